The van der Waals surface area contributed by atoms with Gasteiger partial charge in [-0.1, -0.05) is 6.42 Å². The smallest absolute Gasteiger partial charge is 0.222 e. The third-order valence-electron chi connectivity index (χ3n) is 4.51. The molecule has 0 unspecified atom stereocenters. The number of halogens is 1. The summed E-state index contributed by atoms with van der Waals surface area (Å²) in [7, 11) is 0. The molecule has 1 aliphatic heterocycles. The van der Waals surface area contributed by atoms with Crippen molar-refractivity contribution in [2.24, 2.45) is 0 Å². The molecule has 126 valence electrons. The number of carbonyl (C=O) groups excluding carboxylic acids is 1. The summed E-state index contributed by atoms with van der Waals surface area (Å²) in [6.45, 7) is 0.703. The number of nitriles is 1. The Labute approximate surface area is 142 Å². The first-order valence-electron chi connectivity index (χ1n) is 8.22. The Kier molecular flexibility index (Phi) is 3.80. The molecule has 25 heavy (non-hydrogen) atoms. The van der Waals surface area contributed by atoms with E-state index in [0.29, 0.717) is 23.3 Å². The summed E-state index contributed by atoms with van der Waals surface area (Å²) in [5.41, 5.74) is 0.404. The van der Waals surface area contributed by atoms with Gasteiger partial charge in [-0.3, -0.25) is 4.79 Å². The Bertz CT molecular complexity index is 998. The zero-order valence-corrected chi connectivity index (χ0v) is 13.4. The average Bonchev–Trinajstić information content (AvgIpc) is 3.12. The molecule has 2 aromatic heterocycles. The summed E-state index contributed by atoms with van der Waals surface area (Å²) in [6.07, 6.45) is 3.87. The number of carbonyl (C=O) groups is 1. The largest absolute Gasteiger partial charge is 0.453 e. The van der Waals surface area contributed by atoms with Crippen molar-refractivity contribution in [1.82, 2.24) is 14.8 Å². The molecule has 0 saturated heterocycles. The highest BCUT2D eigenvalue weighted by Crippen LogP contribution is 2.27. The van der Waals surface area contributed by atoms with E-state index in [4.69, 9.17) is 4.42 Å². The van der Waals surface area contributed by atoms with Crippen molar-refractivity contribution in [3.8, 4) is 6.07 Å². The van der Waals surface area contributed by atoms with E-state index in [9.17, 15) is 14.4 Å². The number of furan rings is 1. The average molecular weight is 338 g/mol. The summed E-state index contributed by atoms with van der Waals surface area (Å²) in [5, 5.41) is 18.3. The van der Waals surface area contributed by atoms with Crippen molar-refractivity contribution >= 4 is 16.8 Å². The van der Waals surface area contributed by atoms with Crippen LogP contribution in [0.1, 0.15) is 47.4 Å². The molecule has 0 amide bonds. The molecule has 1 aliphatic rings. The van der Waals surface area contributed by atoms with Crippen LogP contribution in [0, 0.1) is 17.1 Å². The molecule has 0 spiro atoms. The third kappa shape index (κ3) is 2.70. The number of fused-ring (bicyclic) bond motifs is 2. The second-order valence-electron chi connectivity index (χ2n) is 6.16. The van der Waals surface area contributed by atoms with Crippen molar-refractivity contribution in [2.45, 2.75) is 38.1 Å². The van der Waals surface area contributed by atoms with Crippen LogP contribution in [0.15, 0.2) is 28.7 Å². The van der Waals surface area contributed by atoms with E-state index in [2.05, 4.69) is 10.2 Å². The molecule has 0 aliphatic carbocycles. The van der Waals surface area contributed by atoms with E-state index in [1.807, 2.05) is 10.6 Å². The van der Waals surface area contributed by atoms with Crippen molar-refractivity contribution < 1.29 is 13.6 Å². The van der Waals surface area contributed by atoms with Crippen LogP contribution in [-0.2, 0) is 13.0 Å². The van der Waals surface area contributed by atoms with Gasteiger partial charge in [-0.15, -0.1) is 10.2 Å². The molecular weight excluding hydrogens is 323 g/mol. The Morgan fingerprint density at radius 1 is 1.28 bits per heavy atom. The second-order valence-corrected chi connectivity index (χ2v) is 6.16. The minimum atomic E-state index is -1.09. The number of benzene rings is 1. The number of hydrogen-bond donors (Lipinski definition) is 0. The van der Waals surface area contributed by atoms with Crippen molar-refractivity contribution in [1.29, 1.82) is 5.26 Å². The second kappa shape index (κ2) is 6.13. The number of ketones is 1. The molecule has 3 aromatic rings. The number of nitrogens with zero attached hydrogens (tertiary/aromatic N) is 4. The van der Waals surface area contributed by atoms with Crippen LogP contribution in [0.25, 0.3) is 11.0 Å². The highest BCUT2D eigenvalue weighted by Gasteiger charge is 2.31. The van der Waals surface area contributed by atoms with Crippen LogP contribution in [0.5, 0.6) is 0 Å². The fourth-order valence-corrected chi connectivity index (χ4v) is 3.23. The summed E-state index contributed by atoms with van der Waals surface area (Å²) < 4.78 is 20.7. The lowest BCUT2D eigenvalue weighted by Gasteiger charge is -2.09. The molecule has 4 rings (SSSR count). The highest BCUT2D eigenvalue weighted by atomic mass is 19.1. The molecule has 3 heterocycles. The van der Waals surface area contributed by atoms with Crippen molar-refractivity contribution in [2.75, 3.05) is 0 Å². The van der Waals surface area contributed by atoms with Gasteiger partial charge in [0, 0.05) is 18.4 Å². The van der Waals surface area contributed by atoms with E-state index < -0.39 is 17.5 Å². The lowest BCUT2D eigenvalue weighted by molar-refractivity contribution is 0.0949. The van der Waals surface area contributed by atoms with Crippen LogP contribution >= 0.6 is 0 Å². The minimum absolute atomic E-state index is 0.0260. The SMILES string of the molecule is N#C[C@@H](C(=O)c1cc2cc(F)ccc2o1)c1nnc2n1CCCCC2. The zero-order valence-electron chi connectivity index (χ0n) is 13.4. The minimum Gasteiger partial charge on any atom is -0.453 e. The molecule has 1 atom stereocenters. The molecular formula is C18H15FN4O2. The fourth-order valence-electron chi connectivity index (χ4n) is 3.23. The van der Waals surface area contributed by atoms with Crippen LogP contribution in [0.4, 0.5) is 4.39 Å². The summed E-state index contributed by atoms with van der Waals surface area (Å²) in [6, 6.07) is 7.51. The number of aromatic nitrogens is 3. The first kappa shape index (κ1) is 15.5. The van der Waals surface area contributed by atoms with Gasteiger partial charge in [-0.05, 0) is 37.1 Å². The van der Waals surface area contributed by atoms with Gasteiger partial charge in [0.05, 0.1) is 6.07 Å². The summed E-state index contributed by atoms with van der Waals surface area (Å²) in [4.78, 5) is 12.8. The van der Waals surface area contributed by atoms with Gasteiger partial charge < -0.3 is 8.98 Å². The summed E-state index contributed by atoms with van der Waals surface area (Å²) in [5.74, 6) is -0.795. The number of Topliss-reactive ketones (excluding diaryl/α,β-unsaturated/α-hetero) is 1. The Balaban J connectivity index is 1.72. The van der Waals surface area contributed by atoms with E-state index in [-0.39, 0.29) is 5.76 Å². The molecule has 6 nitrogen and oxygen atoms in total. The molecule has 1 aromatic carbocycles. The molecule has 0 radical (unpaired) electrons. The number of aryl methyl sites for hydroxylation is 1. The normalized spacial score (nSPS) is 15.4. The van der Waals surface area contributed by atoms with Gasteiger partial charge in [0.2, 0.25) is 5.78 Å². The predicted octanol–water partition coefficient (Wildman–Crippen LogP) is 3.38. The third-order valence-corrected chi connectivity index (χ3v) is 4.51. The standard InChI is InChI=1S/C18H15FN4O2/c19-12-5-6-14-11(8-12)9-15(25-14)17(24)13(10-20)18-22-21-16-4-2-1-3-7-23(16)18/h5-6,8-9,13H,1-4,7H2/t13-/m0/s1. The Hall–Kier alpha value is -3.01. The van der Waals surface area contributed by atoms with Gasteiger partial charge in [-0.2, -0.15) is 5.26 Å². The fraction of sp³-hybridized carbons (Fsp3) is 0.333. The van der Waals surface area contributed by atoms with Gasteiger partial charge in [0.15, 0.2) is 17.5 Å². The molecule has 0 saturated carbocycles. The van der Waals surface area contributed by atoms with Crippen molar-refractivity contribution in [3.05, 3.63) is 47.5 Å². The van der Waals surface area contributed by atoms with E-state index >= 15 is 0 Å². The van der Waals surface area contributed by atoms with Crippen LogP contribution < -0.4 is 0 Å². The van der Waals surface area contributed by atoms with E-state index in [1.54, 1.807) is 0 Å². The van der Waals surface area contributed by atoms with Crippen LogP contribution in [0.3, 0.4) is 0 Å². The molecule has 7 heteroatoms. The topological polar surface area (TPSA) is 84.7 Å². The highest BCUT2D eigenvalue weighted by molar-refractivity contribution is 6.02. The zero-order chi connectivity index (χ0) is 17.4. The monoisotopic (exact) mass is 338 g/mol. The van der Waals surface area contributed by atoms with Gasteiger partial charge in [-0.25, -0.2) is 4.39 Å². The first-order valence-corrected chi connectivity index (χ1v) is 8.22. The maximum absolute atomic E-state index is 13.3. The quantitative estimate of drug-likeness (QED) is 0.684. The maximum atomic E-state index is 13.3. The molecule has 0 N–H and O–H groups in total. The molecule has 0 bridgehead atoms. The van der Waals surface area contributed by atoms with Gasteiger partial charge in [0.1, 0.15) is 17.2 Å². The predicted molar refractivity (Wildman–Crippen MR) is 86.4 cm³/mol. The van der Waals surface area contributed by atoms with Crippen LogP contribution in [0.2, 0.25) is 0 Å². The Morgan fingerprint density at radius 3 is 3.00 bits per heavy atom. The number of rotatable bonds is 3. The van der Waals surface area contributed by atoms with E-state index in [0.717, 1.165) is 31.5 Å². The summed E-state index contributed by atoms with van der Waals surface area (Å²) >= 11 is 0. The van der Waals surface area contributed by atoms with Gasteiger partial charge in [0.25, 0.3) is 0 Å². The maximum Gasteiger partial charge on any atom is 0.222 e. The van der Waals surface area contributed by atoms with E-state index in [1.165, 1.54) is 24.3 Å². The van der Waals surface area contributed by atoms with Gasteiger partial charge >= 0.3 is 0 Å². The lowest BCUT2D eigenvalue weighted by Crippen LogP contribution is -2.17. The first-order chi connectivity index (χ1) is 12.2. The van der Waals surface area contributed by atoms with Crippen molar-refractivity contribution in [3.63, 3.8) is 0 Å². The lowest BCUT2D eigenvalue weighted by atomic mass is 10.0. The number of hydrogen-bond acceptors (Lipinski definition) is 5. The Morgan fingerprint density at radius 2 is 2.16 bits per heavy atom. The molecule has 0 fully saturated rings. The van der Waals surface area contributed by atoms with Crippen LogP contribution in [-0.4, -0.2) is 20.5 Å².